The van der Waals surface area contributed by atoms with Crippen LogP contribution in [0.1, 0.15) is 15.9 Å². The molecule has 29 heavy (non-hydrogen) atoms. The number of benzene rings is 1. The molecule has 0 spiro atoms. The molecule has 3 aromatic heterocycles. The molecule has 0 unspecified atom stereocenters. The maximum absolute atomic E-state index is 12.5. The van der Waals surface area contributed by atoms with Gasteiger partial charge in [-0.05, 0) is 60.5 Å². The van der Waals surface area contributed by atoms with Crippen molar-refractivity contribution in [3.05, 3.63) is 96.6 Å². The fourth-order valence-electron chi connectivity index (χ4n) is 2.74. The molecule has 1 amide bonds. The molecule has 0 saturated carbocycles. The summed E-state index contributed by atoms with van der Waals surface area (Å²) in [7, 11) is 0. The van der Waals surface area contributed by atoms with Crippen molar-refractivity contribution in [3.8, 4) is 0 Å². The number of carbonyl (C=O) groups excluding carboxylic acids is 1. The third-order valence-corrected chi connectivity index (χ3v) is 5.20. The van der Waals surface area contributed by atoms with Crippen molar-refractivity contribution in [2.75, 3.05) is 5.32 Å². The molecule has 0 atom stereocenters. The summed E-state index contributed by atoms with van der Waals surface area (Å²) in [5.41, 5.74) is 1.78. The molecular formula is C22H19N5OS. The van der Waals surface area contributed by atoms with Gasteiger partial charge in [-0.2, -0.15) is 5.10 Å². The number of hydrogen-bond donors (Lipinski definition) is 1. The standard InChI is InChI=1S/C22H19N5OS/c28-22(18-4-6-19(7-5-18)29-21-3-1-2-12-24-21)25-20-11-16-27(26-20)15-10-17-8-13-23-14-9-17/h1-9,11-14,16H,10,15H2,(H,25,26,28). The van der Waals surface area contributed by atoms with E-state index < -0.39 is 0 Å². The van der Waals surface area contributed by atoms with Crippen LogP contribution in [0.3, 0.4) is 0 Å². The van der Waals surface area contributed by atoms with Crippen molar-refractivity contribution in [2.45, 2.75) is 22.9 Å². The van der Waals surface area contributed by atoms with Crippen LogP contribution in [0.5, 0.6) is 0 Å². The summed E-state index contributed by atoms with van der Waals surface area (Å²) < 4.78 is 1.82. The van der Waals surface area contributed by atoms with Gasteiger partial charge in [0.2, 0.25) is 0 Å². The Morgan fingerprint density at radius 3 is 2.55 bits per heavy atom. The summed E-state index contributed by atoms with van der Waals surface area (Å²) >= 11 is 1.56. The van der Waals surface area contributed by atoms with Gasteiger partial charge in [-0.1, -0.05) is 17.8 Å². The number of amides is 1. The molecule has 0 aliphatic heterocycles. The molecule has 0 radical (unpaired) electrons. The molecule has 6 nitrogen and oxygen atoms in total. The van der Waals surface area contributed by atoms with Crippen molar-refractivity contribution >= 4 is 23.5 Å². The molecule has 1 N–H and O–H groups in total. The predicted octanol–water partition coefficient (Wildman–Crippen LogP) is 4.32. The maximum Gasteiger partial charge on any atom is 0.256 e. The number of hydrogen-bond acceptors (Lipinski definition) is 5. The smallest absolute Gasteiger partial charge is 0.256 e. The summed E-state index contributed by atoms with van der Waals surface area (Å²) in [6.45, 7) is 0.735. The number of nitrogens with one attached hydrogen (secondary N) is 1. The Labute approximate surface area is 173 Å². The number of pyridine rings is 2. The summed E-state index contributed by atoms with van der Waals surface area (Å²) in [4.78, 5) is 21.8. The van der Waals surface area contributed by atoms with Crippen LogP contribution >= 0.6 is 11.8 Å². The zero-order valence-corrected chi connectivity index (χ0v) is 16.4. The summed E-state index contributed by atoms with van der Waals surface area (Å²) in [6, 6.07) is 19.0. The molecule has 0 bridgehead atoms. The number of rotatable bonds is 7. The maximum atomic E-state index is 12.5. The van der Waals surface area contributed by atoms with Gasteiger partial charge in [0.25, 0.3) is 5.91 Å². The fraction of sp³-hybridized carbons (Fsp3) is 0.0909. The lowest BCUT2D eigenvalue weighted by Crippen LogP contribution is -2.12. The molecule has 144 valence electrons. The van der Waals surface area contributed by atoms with Gasteiger partial charge in [-0.25, -0.2) is 4.98 Å². The average Bonchev–Trinajstić information content (AvgIpc) is 3.21. The van der Waals surface area contributed by atoms with Gasteiger partial charge < -0.3 is 5.32 Å². The molecule has 4 rings (SSSR count). The van der Waals surface area contributed by atoms with Crippen molar-refractivity contribution in [1.82, 2.24) is 19.7 Å². The Hall–Kier alpha value is -3.45. The average molecular weight is 401 g/mol. The highest BCUT2D eigenvalue weighted by molar-refractivity contribution is 7.99. The van der Waals surface area contributed by atoms with Crippen molar-refractivity contribution in [2.24, 2.45) is 0 Å². The van der Waals surface area contributed by atoms with E-state index in [1.165, 1.54) is 5.56 Å². The first kappa shape index (κ1) is 18.9. The molecule has 7 heteroatoms. The molecule has 4 aromatic rings. The minimum absolute atomic E-state index is 0.182. The highest BCUT2D eigenvalue weighted by Gasteiger charge is 2.09. The van der Waals surface area contributed by atoms with Crippen molar-refractivity contribution < 1.29 is 4.79 Å². The van der Waals surface area contributed by atoms with E-state index in [1.54, 1.807) is 48.6 Å². The van der Waals surface area contributed by atoms with E-state index >= 15 is 0 Å². The second kappa shape index (κ2) is 9.16. The largest absolute Gasteiger partial charge is 0.305 e. The first-order chi connectivity index (χ1) is 14.3. The lowest BCUT2D eigenvalue weighted by atomic mass is 10.2. The Morgan fingerprint density at radius 1 is 0.966 bits per heavy atom. The van der Waals surface area contributed by atoms with Crippen molar-refractivity contribution in [3.63, 3.8) is 0 Å². The quantitative estimate of drug-likeness (QED) is 0.499. The van der Waals surface area contributed by atoms with E-state index in [9.17, 15) is 4.79 Å². The van der Waals surface area contributed by atoms with Gasteiger partial charge in [-0.3, -0.25) is 14.5 Å². The minimum atomic E-state index is -0.182. The number of carbonyl (C=O) groups is 1. The van der Waals surface area contributed by atoms with Crippen LogP contribution in [0, 0.1) is 0 Å². The van der Waals surface area contributed by atoms with E-state index in [4.69, 9.17) is 0 Å². The van der Waals surface area contributed by atoms with E-state index in [0.717, 1.165) is 22.9 Å². The van der Waals surface area contributed by atoms with E-state index in [1.807, 2.05) is 53.3 Å². The van der Waals surface area contributed by atoms with Crippen LogP contribution in [0.15, 0.2) is 95.4 Å². The second-order valence-electron chi connectivity index (χ2n) is 6.32. The lowest BCUT2D eigenvalue weighted by Gasteiger charge is -2.05. The first-order valence-corrected chi connectivity index (χ1v) is 10.0. The molecule has 0 fully saturated rings. The molecular weight excluding hydrogens is 382 g/mol. The van der Waals surface area contributed by atoms with Crippen LogP contribution < -0.4 is 5.32 Å². The summed E-state index contributed by atoms with van der Waals surface area (Å²) in [5, 5.41) is 8.19. The zero-order chi connectivity index (χ0) is 19.9. The summed E-state index contributed by atoms with van der Waals surface area (Å²) in [5.74, 6) is 0.357. The number of aromatic nitrogens is 4. The Morgan fingerprint density at radius 2 is 1.79 bits per heavy atom. The molecule has 0 aliphatic carbocycles. The van der Waals surface area contributed by atoms with Crippen molar-refractivity contribution in [1.29, 1.82) is 0 Å². The number of nitrogens with zero attached hydrogens (tertiary/aromatic N) is 4. The SMILES string of the molecule is O=C(Nc1ccn(CCc2ccncc2)n1)c1ccc(Sc2ccccn2)cc1. The monoisotopic (exact) mass is 401 g/mol. The van der Waals surface area contributed by atoms with Crippen LogP contribution in [0.2, 0.25) is 0 Å². The molecule has 0 saturated heterocycles. The Balaban J connectivity index is 1.32. The van der Waals surface area contributed by atoms with Crippen LogP contribution in [-0.2, 0) is 13.0 Å². The van der Waals surface area contributed by atoms with Gasteiger partial charge in [0.05, 0.1) is 0 Å². The van der Waals surface area contributed by atoms with Crippen LogP contribution in [-0.4, -0.2) is 25.7 Å². The normalized spacial score (nSPS) is 10.6. The molecule has 3 heterocycles. The van der Waals surface area contributed by atoms with Crippen LogP contribution in [0.25, 0.3) is 0 Å². The third-order valence-electron chi connectivity index (χ3n) is 4.24. The lowest BCUT2D eigenvalue weighted by molar-refractivity contribution is 0.102. The summed E-state index contributed by atoms with van der Waals surface area (Å²) in [6.07, 6.45) is 8.05. The predicted molar refractivity (Wildman–Crippen MR) is 113 cm³/mol. The zero-order valence-electron chi connectivity index (χ0n) is 15.6. The minimum Gasteiger partial charge on any atom is -0.305 e. The number of anilines is 1. The first-order valence-electron chi connectivity index (χ1n) is 9.19. The van der Waals surface area contributed by atoms with Crippen LogP contribution in [0.4, 0.5) is 5.82 Å². The highest BCUT2D eigenvalue weighted by atomic mass is 32.2. The third kappa shape index (κ3) is 5.30. The second-order valence-corrected chi connectivity index (χ2v) is 7.41. The van der Waals surface area contributed by atoms with Gasteiger partial charge >= 0.3 is 0 Å². The Bertz CT molecular complexity index is 1070. The van der Waals surface area contributed by atoms with Gasteiger partial charge in [0.1, 0.15) is 5.03 Å². The fourth-order valence-corrected chi connectivity index (χ4v) is 3.51. The van der Waals surface area contributed by atoms with E-state index in [2.05, 4.69) is 20.4 Å². The van der Waals surface area contributed by atoms with E-state index in [0.29, 0.717) is 11.4 Å². The van der Waals surface area contributed by atoms with Gasteiger partial charge in [-0.15, -0.1) is 0 Å². The van der Waals surface area contributed by atoms with Gasteiger partial charge in [0.15, 0.2) is 5.82 Å². The van der Waals surface area contributed by atoms with Gasteiger partial charge in [0, 0.05) is 47.9 Å². The molecule has 0 aliphatic rings. The topological polar surface area (TPSA) is 72.7 Å². The highest BCUT2D eigenvalue weighted by Crippen LogP contribution is 2.25. The van der Waals surface area contributed by atoms with E-state index in [-0.39, 0.29) is 5.91 Å². The molecule has 1 aromatic carbocycles. The Kier molecular flexibility index (Phi) is 5.97. The number of aryl methyl sites for hydroxylation is 2.